The predicted molar refractivity (Wildman–Crippen MR) is 119 cm³/mol. The number of hydrogen-bond donors (Lipinski definition) is 1. The van der Waals surface area contributed by atoms with Gasteiger partial charge in [0.05, 0.1) is 5.41 Å². The molecule has 6 nitrogen and oxygen atoms in total. The van der Waals surface area contributed by atoms with Crippen molar-refractivity contribution >= 4 is 11.8 Å². The highest BCUT2D eigenvalue weighted by Gasteiger charge is 2.51. The summed E-state index contributed by atoms with van der Waals surface area (Å²) in [7, 11) is 0. The van der Waals surface area contributed by atoms with E-state index in [0.717, 1.165) is 90.0 Å². The molecule has 2 amide bonds. The van der Waals surface area contributed by atoms with Gasteiger partial charge in [-0.1, -0.05) is 25.8 Å². The number of piperidine rings is 1. The molecule has 2 aliphatic heterocycles. The number of amides is 2. The SMILES string of the molecule is CCN1CCN(CCCNC(=O)C23CCCC=C2N(C2CCCC2)C(=O)CC3)CC1. The highest BCUT2D eigenvalue weighted by atomic mass is 16.2. The Kier molecular flexibility index (Phi) is 7.14. The Bertz CT molecular complexity index is 650. The van der Waals surface area contributed by atoms with E-state index >= 15 is 0 Å². The number of carbonyl (C=O) groups is 2. The molecule has 0 aromatic carbocycles. The third kappa shape index (κ3) is 4.45. The molecule has 1 N–H and O–H groups in total. The maximum absolute atomic E-state index is 13.4. The Morgan fingerprint density at radius 1 is 1.10 bits per heavy atom. The number of fused-ring (bicyclic) bond motifs is 1. The van der Waals surface area contributed by atoms with Crippen LogP contribution in [-0.4, -0.2) is 78.4 Å². The minimum Gasteiger partial charge on any atom is -0.355 e. The van der Waals surface area contributed by atoms with Gasteiger partial charge in [0.1, 0.15) is 0 Å². The lowest BCUT2D eigenvalue weighted by Crippen LogP contribution is -2.55. The highest BCUT2D eigenvalue weighted by molar-refractivity contribution is 5.91. The Labute approximate surface area is 182 Å². The molecule has 2 heterocycles. The van der Waals surface area contributed by atoms with Crippen LogP contribution >= 0.6 is 0 Å². The van der Waals surface area contributed by atoms with Gasteiger partial charge in [0.25, 0.3) is 0 Å². The van der Waals surface area contributed by atoms with Crippen LogP contribution in [0.1, 0.15) is 71.1 Å². The third-order valence-electron chi connectivity index (χ3n) is 7.90. The molecule has 0 aromatic heterocycles. The quantitative estimate of drug-likeness (QED) is 0.649. The van der Waals surface area contributed by atoms with Crippen molar-refractivity contribution in [3.8, 4) is 0 Å². The van der Waals surface area contributed by atoms with E-state index < -0.39 is 5.41 Å². The molecule has 0 spiro atoms. The molecule has 0 bridgehead atoms. The van der Waals surface area contributed by atoms with E-state index in [9.17, 15) is 9.59 Å². The number of likely N-dealkylation sites (N-methyl/N-ethyl adjacent to an activating group) is 1. The van der Waals surface area contributed by atoms with Crippen molar-refractivity contribution in [3.05, 3.63) is 11.8 Å². The maximum atomic E-state index is 13.4. The summed E-state index contributed by atoms with van der Waals surface area (Å²) in [6.07, 6.45) is 11.9. The molecule has 2 saturated heterocycles. The first-order valence-corrected chi connectivity index (χ1v) is 12.4. The smallest absolute Gasteiger partial charge is 0.232 e. The second-order valence-electron chi connectivity index (χ2n) is 9.65. The number of hydrogen-bond acceptors (Lipinski definition) is 4. The van der Waals surface area contributed by atoms with Crippen molar-refractivity contribution in [2.45, 2.75) is 77.2 Å². The number of rotatable bonds is 7. The first-order valence-electron chi connectivity index (χ1n) is 12.4. The molecule has 6 heteroatoms. The predicted octanol–water partition coefficient (Wildman–Crippen LogP) is 2.75. The number of piperazine rings is 1. The van der Waals surface area contributed by atoms with Gasteiger partial charge in [-0.25, -0.2) is 0 Å². The average molecular weight is 417 g/mol. The summed E-state index contributed by atoms with van der Waals surface area (Å²) in [5.74, 6) is 0.407. The van der Waals surface area contributed by atoms with Gasteiger partial charge in [-0.15, -0.1) is 0 Å². The number of likely N-dealkylation sites (tertiary alicyclic amines) is 1. The Hall–Kier alpha value is -1.40. The molecule has 0 aromatic rings. The molecule has 3 fully saturated rings. The van der Waals surface area contributed by atoms with Gasteiger partial charge in [0.15, 0.2) is 0 Å². The van der Waals surface area contributed by atoms with Gasteiger partial charge in [-0.3, -0.25) is 9.59 Å². The number of allylic oxidation sites excluding steroid dienone is 1. The second kappa shape index (κ2) is 9.82. The summed E-state index contributed by atoms with van der Waals surface area (Å²) in [6, 6.07) is 0.316. The molecular formula is C24H40N4O2. The first kappa shape index (κ1) is 21.8. The normalized spacial score (nSPS) is 29.0. The van der Waals surface area contributed by atoms with E-state index in [0.29, 0.717) is 18.9 Å². The van der Waals surface area contributed by atoms with Crippen LogP contribution in [0.3, 0.4) is 0 Å². The van der Waals surface area contributed by atoms with E-state index in [1.807, 2.05) is 0 Å². The highest BCUT2D eigenvalue weighted by Crippen LogP contribution is 2.48. The molecule has 0 radical (unpaired) electrons. The van der Waals surface area contributed by atoms with E-state index in [1.165, 1.54) is 12.8 Å². The van der Waals surface area contributed by atoms with Crippen molar-refractivity contribution in [1.82, 2.24) is 20.0 Å². The molecule has 1 saturated carbocycles. The Balaban J connectivity index is 1.33. The summed E-state index contributed by atoms with van der Waals surface area (Å²) < 4.78 is 0. The first-order chi connectivity index (χ1) is 14.6. The van der Waals surface area contributed by atoms with Crippen LogP contribution in [0.5, 0.6) is 0 Å². The standard InChI is InChI=1S/C24H40N4O2/c1-2-26-16-18-27(19-17-26)15-7-14-25-23(30)24-12-6-5-10-21(24)28(22(29)11-13-24)20-8-3-4-9-20/h10,20H,2-9,11-19H2,1H3,(H,25,30). The topological polar surface area (TPSA) is 55.9 Å². The lowest BCUT2D eigenvalue weighted by Gasteiger charge is -2.48. The number of nitrogens with zero attached hydrogens (tertiary/aromatic N) is 3. The van der Waals surface area contributed by atoms with Crippen LogP contribution in [0.15, 0.2) is 11.8 Å². The van der Waals surface area contributed by atoms with Crippen molar-refractivity contribution in [2.24, 2.45) is 5.41 Å². The summed E-state index contributed by atoms with van der Waals surface area (Å²) in [5, 5.41) is 3.27. The van der Waals surface area contributed by atoms with E-state index in [-0.39, 0.29) is 11.8 Å². The van der Waals surface area contributed by atoms with Crippen molar-refractivity contribution in [3.63, 3.8) is 0 Å². The minimum absolute atomic E-state index is 0.166. The number of nitrogens with one attached hydrogen (secondary N) is 1. The zero-order valence-corrected chi connectivity index (χ0v) is 18.8. The molecular weight excluding hydrogens is 376 g/mol. The van der Waals surface area contributed by atoms with Crippen LogP contribution in [0.25, 0.3) is 0 Å². The number of carbonyl (C=O) groups excluding carboxylic acids is 2. The molecule has 1 atom stereocenters. The van der Waals surface area contributed by atoms with Gasteiger partial charge in [0, 0.05) is 50.9 Å². The van der Waals surface area contributed by atoms with E-state index in [4.69, 9.17) is 0 Å². The summed E-state index contributed by atoms with van der Waals surface area (Å²) in [4.78, 5) is 33.3. The van der Waals surface area contributed by atoms with Crippen molar-refractivity contribution < 1.29 is 9.59 Å². The average Bonchev–Trinajstić information content (AvgIpc) is 3.31. The molecule has 168 valence electrons. The molecule has 1 unspecified atom stereocenters. The lowest BCUT2D eigenvalue weighted by atomic mass is 9.68. The summed E-state index contributed by atoms with van der Waals surface area (Å²) >= 11 is 0. The summed E-state index contributed by atoms with van der Waals surface area (Å²) in [6.45, 7) is 9.75. The van der Waals surface area contributed by atoms with E-state index in [1.54, 1.807) is 0 Å². The van der Waals surface area contributed by atoms with Crippen LogP contribution in [-0.2, 0) is 9.59 Å². The fraction of sp³-hybridized carbons (Fsp3) is 0.833. The molecule has 2 aliphatic carbocycles. The zero-order valence-electron chi connectivity index (χ0n) is 18.8. The second-order valence-corrected chi connectivity index (χ2v) is 9.65. The molecule has 4 rings (SSSR count). The van der Waals surface area contributed by atoms with Crippen LogP contribution in [0.4, 0.5) is 0 Å². The minimum atomic E-state index is -0.471. The maximum Gasteiger partial charge on any atom is 0.232 e. The molecule has 30 heavy (non-hydrogen) atoms. The lowest BCUT2D eigenvalue weighted by molar-refractivity contribution is -0.142. The van der Waals surface area contributed by atoms with Gasteiger partial charge >= 0.3 is 0 Å². The Morgan fingerprint density at radius 3 is 2.57 bits per heavy atom. The van der Waals surface area contributed by atoms with Gasteiger partial charge in [0.2, 0.25) is 11.8 Å². The van der Waals surface area contributed by atoms with Gasteiger partial charge in [-0.2, -0.15) is 0 Å². The van der Waals surface area contributed by atoms with Crippen LogP contribution in [0, 0.1) is 5.41 Å². The van der Waals surface area contributed by atoms with Crippen LogP contribution in [0.2, 0.25) is 0 Å². The van der Waals surface area contributed by atoms with Gasteiger partial charge in [-0.05, 0) is 58.0 Å². The zero-order chi connectivity index (χ0) is 21.0. The molecule has 4 aliphatic rings. The Morgan fingerprint density at radius 2 is 1.83 bits per heavy atom. The van der Waals surface area contributed by atoms with Crippen LogP contribution < -0.4 is 5.32 Å². The third-order valence-corrected chi connectivity index (χ3v) is 7.90. The van der Waals surface area contributed by atoms with Gasteiger partial charge < -0.3 is 20.0 Å². The fourth-order valence-corrected chi connectivity index (χ4v) is 6.03. The largest absolute Gasteiger partial charge is 0.355 e. The van der Waals surface area contributed by atoms with Crippen molar-refractivity contribution in [2.75, 3.05) is 45.8 Å². The summed E-state index contributed by atoms with van der Waals surface area (Å²) in [5.41, 5.74) is 0.576. The monoisotopic (exact) mass is 416 g/mol. The fourth-order valence-electron chi connectivity index (χ4n) is 6.03. The van der Waals surface area contributed by atoms with Crippen molar-refractivity contribution in [1.29, 1.82) is 0 Å². The van der Waals surface area contributed by atoms with E-state index in [2.05, 4.69) is 33.0 Å².